The molecule has 2 amide bonds. The van der Waals surface area contributed by atoms with E-state index in [1.165, 1.54) is 0 Å². The quantitative estimate of drug-likeness (QED) is 0.376. The highest BCUT2D eigenvalue weighted by Gasteiger charge is 2.45. The first kappa shape index (κ1) is 27.2. The number of hydrogen-bond acceptors (Lipinski definition) is 6. The van der Waals surface area contributed by atoms with Gasteiger partial charge in [-0.25, -0.2) is 0 Å². The Hall–Kier alpha value is -3.36. The van der Waals surface area contributed by atoms with Crippen LogP contribution in [-0.4, -0.2) is 75.3 Å². The van der Waals surface area contributed by atoms with E-state index >= 15 is 0 Å². The van der Waals surface area contributed by atoms with E-state index in [0.717, 1.165) is 16.1 Å². The number of benzene rings is 3. The van der Waals surface area contributed by atoms with Crippen molar-refractivity contribution in [3.8, 4) is 11.5 Å². The number of anilines is 1. The van der Waals surface area contributed by atoms with Crippen molar-refractivity contribution < 1.29 is 19.1 Å². The van der Waals surface area contributed by atoms with Crippen LogP contribution >= 0.6 is 23.4 Å². The van der Waals surface area contributed by atoms with Crippen LogP contribution in [0.2, 0.25) is 5.02 Å². The molecule has 0 saturated carbocycles. The lowest BCUT2D eigenvalue weighted by Crippen LogP contribution is -2.53. The predicted molar refractivity (Wildman–Crippen MR) is 156 cm³/mol. The van der Waals surface area contributed by atoms with E-state index in [4.69, 9.17) is 21.1 Å². The van der Waals surface area contributed by atoms with E-state index in [1.807, 2.05) is 59.7 Å². The summed E-state index contributed by atoms with van der Waals surface area (Å²) in [6, 6.07) is 18.9. The van der Waals surface area contributed by atoms with Crippen molar-refractivity contribution in [2.24, 2.45) is 0 Å². The van der Waals surface area contributed by atoms with Gasteiger partial charge in [-0.3, -0.25) is 9.59 Å². The number of nitrogens with zero attached hydrogens (tertiary/aromatic N) is 3. The lowest BCUT2D eigenvalue weighted by molar-refractivity contribution is -0.134. The second-order valence-corrected chi connectivity index (χ2v) is 11.0. The molecule has 2 aliphatic heterocycles. The summed E-state index contributed by atoms with van der Waals surface area (Å²) in [5.74, 6) is 0.198. The topological polar surface area (TPSA) is 62.3 Å². The molecule has 2 aliphatic rings. The Kier molecular flexibility index (Phi) is 7.96. The van der Waals surface area contributed by atoms with Crippen LogP contribution in [0.15, 0.2) is 65.6 Å². The van der Waals surface area contributed by atoms with Crippen LogP contribution in [-0.2, 0) is 4.79 Å². The van der Waals surface area contributed by atoms with Gasteiger partial charge >= 0.3 is 0 Å². The molecule has 0 bridgehead atoms. The molecule has 0 aliphatic carbocycles. The third kappa shape index (κ3) is 5.15. The standard InChI is InChI=1S/C30H32ClN3O4S/c1-32-28(19-8-10-22(39-4)11-9-19)27(23-17-25(37-2)26(38-3)18-24(23)29(32)35)30(36)34-14-12-33(13-15-34)21-7-5-6-20(31)16-21/h5-11,16-18,27-28H,12-15H2,1-4H3. The van der Waals surface area contributed by atoms with Gasteiger partial charge in [-0.1, -0.05) is 29.8 Å². The number of ether oxygens (including phenoxy) is 2. The number of piperazine rings is 1. The molecule has 204 valence electrons. The van der Waals surface area contributed by atoms with Gasteiger partial charge in [0.05, 0.1) is 26.2 Å². The number of thioether (sulfide) groups is 1. The summed E-state index contributed by atoms with van der Waals surface area (Å²) in [5.41, 5.74) is 3.09. The Bertz CT molecular complexity index is 1380. The molecule has 0 N–H and O–H groups in total. The lowest BCUT2D eigenvalue weighted by atomic mass is 9.78. The zero-order chi connectivity index (χ0) is 27.7. The van der Waals surface area contributed by atoms with Gasteiger partial charge in [0.15, 0.2) is 11.5 Å². The molecule has 0 radical (unpaired) electrons. The molecule has 2 atom stereocenters. The van der Waals surface area contributed by atoms with Gasteiger partial charge in [-0.2, -0.15) is 0 Å². The summed E-state index contributed by atoms with van der Waals surface area (Å²) >= 11 is 7.87. The van der Waals surface area contributed by atoms with Crippen LogP contribution < -0.4 is 14.4 Å². The van der Waals surface area contributed by atoms with Gasteiger partial charge < -0.3 is 24.2 Å². The smallest absolute Gasteiger partial charge is 0.254 e. The van der Waals surface area contributed by atoms with E-state index in [0.29, 0.717) is 53.8 Å². The third-order valence-electron chi connectivity index (χ3n) is 7.66. The normalized spacial score (nSPS) is 19.1. The molecule has 3 aromatic carbocycles. The molecule has 3 aromatic rings. The van der Waals surface area contributed by atoms with Crippen molar-refractivity contribution in [1.29, 1.82) is 0 Å². The largest absolute Gasteiger partial charge is 0.493 e. The molecular formula is C30H32ClN3O4S. The molecule has 0 aromatic heterocycles. The first-order valence-corrected chi connectivity index (χ1v) is 14.4. The minimum Gasteiger partial charge on any atom is -0.493 e. The Labute approximate surface area is 238 Å². The first-order chi connectivity index (χ1) is 18.9. The number of methoxy groups -OCH3 is 2. The second kappa shape index (κ2) is 11.4. The molecule has 5 rings (SSSR count). The van der Waals surface area contributed by atoms with E-state index in [1.54, 1.807) is 50.1 Å². The van der Waals surface area contributed by atoms with Crippen molar-refractivity contribution in [3.63, 3.8) is 0 Å². The SMILES string of the molecule is COc1cc2c(cc1OC)C(C(=O)N1CCN(c3cccc(Cl)c3)CC1)C(c1ccc(SC)cc1)N(C)C2=O. The fraction of sp³-hybridized carbons (Fsp3) is 0.333. The Morgan fingerprint density at radius 2 is 1.62 bits per heavy atom. The summed E-state index contributed by atoms with van der Waals surface area (Å²) < 4.78 is 11.1. The monoisotopic (exact) mass is 565 g/mol. The van der Waals surface area contributed by atoms with Gasteiger partial charge in [0, 0.05) is 54.4 Å². The molecule has 0 spiro atoms. The average Bonchev–Trinajstić information content (AvgIpc) is 2.98. The van der Waals surface area contributed by atoms with Gasteiger partial charge in [-0.05, 0) is 59.8 Å². The molecule has 7 nitrogen and oxygen atoms in total. The summed E-state index contributed by atoms with van der Waals surface area (Å²) in [5, 5.41) is 0.692. The fourth-order valence-corrected chi connectivity index (χ4v) is 6.18. The minimum absolute atomic E-state index is 0.00694. The maximum Gasteiger partial charge on any atom is 0.254 e. The van der Waals surface area contributed by atoms with E-state index < -0.39 is 12.0 Å². The zero-order valence-corrected chi connectivity index (χ0v) is 24.1. The maximum atomic E-state index is 14.4. The minimum atomic E-state index is -0.597. The van der Waals surface area contributed by atoms with Crippen LogP contribution in [0.1, 0.15) is 33.4 Å². The fourth-order valence-electron chi connectivity index (χ4n) is 5.59. The van der Waals surface area contributed by atoms with Gasteiger partial charge in [0.25, 0.3) is 5.91 Å². The second-order valence-electron chi connectivity index (χ2n) is 9.70. The maximum absolute atomic E-state index is 14.4. The molecule has 39 heavy (non-hydrogen) atoms. The summed E-state index contributed by atoms with van der Waals surface area (Å²) in [6.07, 6.45) is 2.02. The number of halogens is 1. The number of carbonyl (C=O) groups is 2. The summed E-state index contributed by atoms with van der Waals surface area (Å²) in [6.45, 7) is 2.53. The van der Waals surface area contributed by atoms with Gasteiger partial charge in [-0.15, -0.1) is 11.8 Å². The third-order valence-corrected chi connectivity index (χ3v) is 8.64. The van der Waals surface area contributed by atoms with E-state index in [9.17, 15) is 9.59 Å². The van der Waals surface area contributed by atoms with Crippen LogP contribution in [0.25, 0.3) is 0 Å². The number of rotatable bonds is 6. The van der Waals surface area contributed by atoms with E-state index in [2.05, 4.69) is 4.90 Å². The molecule has 1 fully saturated rings. The number of amides is 2. The number of fused-ring (bicyclic) bond motifs is 1. The zero-order valence-electron chi connectivity index (χ0n) is 22.5. The highest BCUT2D eigenvalue weighted by atomic mass is 35.5. The molecule has 9 heteroatoms. The predicted octanol–water partition coefficient (Wildman–Crippen LogP) is 5.34. The first-order valence-electron chi connectivity index (χ1n) is 12.8. The van der Waals surface area contributed by atoms with Crippen molar-refractivity contribution >= 4 is 40.9 Å². The van der Waals surface area contributed by atoms with Crippen molar-refractivity contribution in [3.05, 3.63) is 82.4 Å². The van der Waals surface area contributed by atoms with Crippen molar-refractivity contribution in [2.75, 3.05) is 58.6 Å². The molecular weight excluding hydrogens is 534 g/mol. The number of likely N-dealkylation sites (N-methyl/N-ethyl adjacent to an activating group) is 1. The summed E-state index contributed by atoms with van der Waals surface area (Å²) in [7, 11) is 4.87. The molecule has 1 saturated heterocycles. The molecule has 2 unspecified atom stereocenters. The van der Waals surface area contributed by atoms with Crippen LogP contribution in [0.4, 0.5) is 5.69 Å². The molecule has 2 heterocycles. The van der Waals surface area contributed by atoms with Gasteiger partial charge in [0.1, 0.15) is 0 Å². The van der Waals surface area contributed by atoms with Crippen LogP contribution in [0.5, 0.6) is 11.5 Å². The lowest BCUT2D eigenvalue weighted by Gasteiger charge is -2.43. The van der Waals surface area contributed by atoms with E-state index in [-0.39, 0.29) is 11.8 Å². The van der Waals surface area contributed by atoms with Crippen molar-refractivity contribution in [1.82, 2.24) is 9.80 Å². The number of carbonyl (C=O) groups excluding carboxylic acids is 2. The Balaban J connectivity index is 1.53. The van der Waals surface area contributed by atoms with Crippen LogP contribution in [0.3, 0.4) is 0 Å². The van der Waals surface area contributed by atoms with Gasteiger partial charge in [0.2, 0.25) is 5.91 Å². The Morgan fingerprint density at radius 1 is 0.949 bits per heavy atom. The highest BCUT2D eigenvalue weighted by molar-refractivity contribution is 7.98. The highest BCUT2D eigenvalue weighted by Crippen LogP contribution is 2.46. The van der Waals surface area contributed by atoms with Crippen LogP contribution in [0, 0.1) is 0 Å². The summed E-state index contributed by atoms with van der Waals surface area (Å²) in [4.78, 5) is 35.0. The van der Waals surface area contributed by atoms with Crippen molar-refractivity contribution in [2.45, 2.75) is 16.9 Å². The number of hydrogen-bond donors (Lipinski definition) is 0. The Morgan fingerprint density at radius 3 is 2.23 bits per heavy atom. The average molecular weight is 566 g/mol.